The molecule has 1 aliphatic heterocycles. The monoisotopic (exact) mass is 312 g/mol. The van der Waals surface area contributed by atoms with Gasteiger partial charge in [0.05, 0.1) is 11.4 Å². The quantitative estimate of drug-likeness (QED) is 0.641. The first kappa shape index (κ1) is 15.0. The Kier molecular flexibility index (Phi) is 4.69. The number of thioether (sulfide) groups is 1. The lowest BCUT2D eigenvalue weighted by atomic mass is 10.2. The van der Waals surface area contributed by atoms with Crippen molar-refractivity contribution in [2.24, 2.45) is 0 Å². The highest BCUT2D eigenvalue weighted by Crippen LogP contribution is 2.28. The molecule has 22 heavy (non-hydrogen) atoms. The lowest BCUT2D eigenvalue weighted by Gasteiger charge is -2.18. The molecule has 0 aliphatic carbocycles. The highest BCUT2D eigenvalue weighted by molar-refractivity contribution is 7.99. The average Bonchev–Trinajstić information content (AvgIpc) is 3.17. The molecule has 0 bridgehead atoms. The van der Waals surface area contributed by atoms with E-state index in [0.717, 1.165) is 35.6 Å². The van der Waals surface area contributed by atoms with Crippen LogP contribution in [0, 0.1) is 18.8 Å². The van der Waals surface area contributed by atoms with Crippen molar-refractivity contribution in [2.75, 3.05) is 23.7 Å². The van der Waals surface area contributed by atoms with Gasteiger partial charge in [-0.15, -0.1) is 16.1 Å². The van der Waals surface area contributed by atoms with Crippen LogP contribution in [0.2, 0.25) is 0 Å². The van der Waals surface area contributed by atoms with Gasteiger partial charge in [0, 0.05) is 13.1 Å². The van der Waals surface area contributed by atoms with Crippen molar-refractivity contribution in [3.63, 3.8) is 0 Å². The van der Waals surface area contributed by atoms with Crippen LogP contribution in [0.3, 0.4) is 0 Å². The molecule has 1 aliphatic rings. The van der Waals surface area contributed by atoms with Gasteiger partial charge in [-0.25, -0.2) is 0 Å². The van der Waals surface area contributed by atoms with Crippen LogP contribution in [0.4, 0.5) is 5.95 Å². The van der Waals surface area contributed by atoms with Gasteiger partial charge in [-0.05, 0) is 38.8 Å². The van der Waals surface area contributed by atoms with Crippen LogP contribution in [-0.2, 0) is 0 Å². The van der Waals surface area contributed by atoms with Gasteiger partial charge in [-0.1, -0.05) is 35.4 Å². The third kappa shape index (κ3) is 3.12. The van der Waals surface area contributed by atoms with E-state index in [-0.39, 0.29) is 0 Å². The van der Waals surface area contributed by atoms with Crippen LogP contribution < -0.4 is 4.90 Å². The molecular formula is C17H20N4S. The fourth-order valence-electron chi connectivity index (χ4n) is 2.57. The minimum Gasteiger partial charge on any atom is -0.341 e. The van der Waals surface area contributed by atoms with Gasteiger partial charge in [0.15, 0.2) is 5.16 Å². The van der Waals surface area contributed by atoms with E-state index < -0.39 is 0 Å². The highest BCUT2D eigenvalue weighted by atomic mass is 32.2. The van der Waals surface area contributed by atoms with Crippen molar-refractivity contribution in [2.45, 2.75) is 31.8 Å². The molecule has 3 rings (SSSR count). The van der Waals surface area contributed by atoms with Gasteiger partial charge in [-0.2, -0.15) is 0 Å². The maximum atomic E-state index is 4.45. The summed E-state index contributed by atoms with van der Waals surface area (Å²) < 4.78 is 2.16. The molecule has 114 valence electrons. The number of nitrogens with zero attached hydrogens (tertiary/aromatic N) is 4. The summed E-state index contributed by atoms with van der Waals surface area (Å²) in [6.07, 6.45) is 2.45. The summed E-state index contributed by atoms with van der Waals surface area (Å²) in [6.45, 7) is 6.08. The fraction of sp³-hybridized carbons (Fsp3) is 0.412. The third-order valence-electron chi connectivity index (χ3n) is 3.75. The van der Waals surface area contributed by atoms with Crippen molar-refractivity contribution in [3.05, 3.63) is 29.8 Å². The largest absolute Gasteiger partial charge is 0.341 e. The first-order valence-electron chi connectivity index (χ1n) is 7.59. The van der Waals surface area contributed by atoms with Gasteiger partial charge in [-0.3, -0.25) is 4.57 Å². The zero-order chi connectivity index (χ0) is 15.4. The normalized spacial score (nSPS) is 14.0. The van der Waals surface area contributed by atoms with Crippen molar-refractivity contribution in [1.82, 2.24) is 14.8 Å². The zero-order valence-corrected chi connectivity index (χ0v) is 13.9. The summed E-state index contributed by atoms with van der Waals surface area (Å²) in [5, 5.41) is 9.75. The van der Waals surface area contributed by atoms with E-state index in [1.54, 1.807) is 11.8 Å². The number of rotatable bonds is 4. The predicted octanol–water partition coefficient (Wildman–Crippen LogP) is 3.29. The van der Waals surface area contributed by atoms with Crippen molar-refractivity contribution in [1.29, 1.82) is 0 Å². The maximum Gasteiger partial charge on any atom is 0.232 e. The fourth-order valence-corrected chi connectivity index (χ4v) is 3.33. The number of hydrogen-bond donors (Lipinski definition) is 0. The maximum absolute atomic E-state index is 4.45. The van der Waals surface area contributed by atoms with E-state index in [2.05, 4.69) is 62.7 Å². The van der Waals surface area contributed by atoms with Gasteiger partial charge >= 0.3 is 0 Å². The Labute approximate surface area is 135 Å². The van der Waals surface area contributed by atoms with Crippen molar-refractivity contribution in [3.8, 4) is 17.5 Å². The number of benzene rings is 1. The third-order valence-corrected chi connectivity index (χ3v) is 4.56. The molecule has 1 aromatic heterocycles. The van der Waals surface area contributed by atoms with E-state index in [1.165, 1.54) is 18.4 Å². The standard InChI is InChI=1S/C17H20N4S/c1-3-4-13-22-17-19-18-16(20-11-5-6-12-20)21(17)15-9-7-14(2)8-10-15/h7-10H,5-6,11-13H2,1-2H3. The molecule has 1 saturated heterocycles. The Morgan fingerprint density at radius 1 is 1.14 bits per heavy atom. The Bertz CT molecular complexity index is 688. The van der Waals surface area contributed by atoms with E-state index >= 15 is 0 Å². The molecule has 1 fully saturated rings. The molecule has 2 aromatic rings. The molecule has 2 heterocycles. The van der Waals surface area contributed by atoms with Crippen LogP contribution in [0.15, 0.2) is 29.4 Å². The Balaban J connectivity index is 1.99. The number of aromatic nitrogens is 3. The smallest absolute Gasteiger partial charge is 0.232 e. The van der Waals surface area contributed by atoms with Gasteiger partial charge in [0.25, 0.3) is 0 Å². The minimum atomic E-state index is 0.737. The van der Waals surface area contributed by atoms with Gasteiger partial charge < -0.3 is 4.90 Å². The van der Waals surface area contributed by atoms with Crippen LogP contribution >= 0.6 is 11.8 Å². The number of anilines is 1. The second-order valence-corrected chi connectivity index (χ2v) is 6.31. The molecule has 5 heteroatoms. The van der Waals surface area contributed by atoms with Crippen LogP contribution in [0.25, 0.3) is 5.69 Å². The van der Waals surface area contributed by atoms with Crippen molar-refractivity contribution < 1.29 is 0 Å². The second-order valence-electron chi connectivity index (χ2n) is 5.36. The summed E-state index contributed by atoms with van der Waals surface area (Å²) in [4.78, 5) is 2.32. The van der Waals surface area contributed by atoms with E-state index in [4.69, 9.17) is 0 Å². The second kappa shape index (κ2) is 6.89. The Morgan fingerprint density at radius 3 is 2.55 bits per heavy atom. The van der Waals surface area contributed by atoms with Gasteiger partial charge in [0.1, 0.15) is 0 Å². The minimum absolute atomic E-state index is 0.737. The van der Waals surface area contributed by atoms with E-state index in [0.29, 0.717) is 0 Å². The summed E-state index contributed by atoms with van der Waals surface area (Å²) in [6, 6.07) is 8.52. The zero-order valence-electron chi connectivity index (χ0n) is 13.0. The van der Waals surface area contributed by atoms with Crippen LogP contribution in [-0.4, -0.2) is 33.6 Å². The van der Waals surface area contributed by atoms with Crippen molar-refractivity contribution >= 4 is 17.7 Å². The molecule has 0 amide bonds. The molecule has 0 unspecified atom stereocenters. The lowest BCUT2D eigenvalue weighted by Crippen LogP contribution is -2.22. The summed E-state index contributed by atoms with van der Waals surface area (Å²) >= 11 is 1.64. The average molecular weight is 312 g/mol. The molecule has 4 nitrogen and oxygen atoms in total. The molecule has 0 spiro atoms. The Morgan fingerprint density at radius 2 is 1.86 bits per heavy atom. The Hall–Kier alpha value is -1.93. The number of aryl methyl sites for hydroxylation is 1. The van der Waals surface area contributed by atoms with Crippen LogP contribution in [0.5, 0.6) is 0 Å². The molecular weight excluding hydrogens is 292 g/mol. The first-order valence-corrected chi connectivity index (χ1v) is 8.58. The molecule has 1 aromatic carbocycles. The summed E-state index contributed by atoms with van der Waals surface area (Å²) in [7, 11) is 0. The molecule has 0 N–H and O–H groups in total. The topological polar surface area (TPSA) is 34.0 Å². The molecule has 0 atom stereocenters. The first-order chi connectivity index (χ1) is 10.8. The molecule has 0 radical (unpaired) electrons. The summed E-state index contributed by atoms with van der Waals surface area (Å²) in [5.41, 5.74) is 2.37. The number of hydrogen-bond acceptors (Lipinski definition) is 4. The van der Waals surface area contributed by atoms with Crippen LogP contribution in [0.1, 0.15) is 25.3 Å². The summed E-state index contributed by atoms with van der Waals surface area (Å²) in [5.74, 6) is 7.70. The lowest BCUT2D eigenvalue weighted by molar-refractivity contribution is 0.842. The predicted molar refractivity (Wildman–Crippen MR) is 91.7 cm³/mol. The SMILES string of the molecule is CC#CCSc1nnc(N2CCCC2)n1-c1ccc(C)cc1. The molecule has 0 saturated carbocycles. The van der Waals surface area contributed by atoms with E-state index in [9.17, 15) is 0 Å². The highest BCUT2D eigenvalue weighted by Gasteiger charge is 2.22. The van der Waals surface area contributed by atoms with Gasteiger partial charge in [0.2, 0.25) is 5.95 Å². The van der Waals surface area contributed by atoms with E-state index in [1.807, 2.05) is 6.92 Å².